The highest BCUT2D eigenvalue weighted by Gasteiger charge is 2.52. The third-order valence-corrected chi connectivity index (χ3v) is 8.55. The molecule has 2 aliphatic heterocycles. The lowest BCUT2D eigenvalue weighted by atomic mass is 9.59. The van der Waals surface area contributed by atoms with E-state index in [4.69, 9.17) is 4.74 Å². The van der Waals surface area contributed by atoms with Gasteiger partial charge >= 0.3 is 5.97 Å². The quantitative estimate of drug-likeness (QED) is 0.580. The zero-order valence-electron chi connectivity index (χ0n) is 18.7. The summed E-state index contributed by atoms with van der Waals surface area (Å²) in [4.78, 5) is 16.1. The van der Waals surface area contributed by atoms with Crippen LogP contribution in [0.4, 0.5) is 0 Å². The first-order chi connectivity index (χ1) is 14.5. The summed E-state index contributed by atoms with van der Waals surface area (Å²) in [6.07, 6.45) is 7.53. The average molecular weight is 411 g/mol. The van der Waals surface area contributed by atoms with Gasteiger partial charge in [-0.2, -0.15) is 0 Å². The molecule has 4 nitrogen and oxygen atoms in total. The summed E-state index contributed by atoms with van der Waals surface area (Å²) in [5.74, 6) is 1.11. The number of esters is 1. The van der Waals surface area contributed by atoms with Crippen LogP contribution in [0.15, 0.2) is 42.0 Å². The Bertz CT molecular complexity index is 799. The van der Waals surface area contributed by atoms with Crippen LogP contribution in [0.3, 0.4) is 0 Å². The zero-order chi connectivity index (χ0) is 20.7. The van der Waals surface area contributed by atoms with Crippen molar-refractivity contribution in [2.45, 2.75) is 52.2 Å². The van der Waals surface area contributed by atoms with E-state index in [1.807, 2.05) is 0 Å². The molecule has 0 aromatic heterocycles. The standard InChI is InChI=1S/C26H36N2O2/c1-19-7-6-10-26(2)16-24-21(15-23(19)26)22(25(29)30-24)18-28-13-11-27(12-14-28)17-20-8-4-3-5-9-20/h3-5,8-9,15,19,21-22,24H,6-7,10-14,16-18H2,1-2H3/p+2/t19-,21+,22+,24+,26+/m0/s1. The van der Waals surface area contributed by atoms with Crippen LogP contribution in [0.1, 0.15) is 45.1 Å². The fraction of sp³-hybridized carbons (Fsp3) is 0.654. The molecule has 2 saturated heterocycles. The van der Waals surface area contributed by atoms with Gasteiger partial charge in [-0.3, -0.25) is 4.79 Å². The van der Waals surface area contributed by atoms with Gasteiger partial charge in [0.1, 0.15) is 44.7 Å². The lowest BCUT2D eigenvalue weighted by Crippen LogP contribution is -3.27. The molecule has 4 heteroatoms. The van der Waals surface area contributed by atoms with Gasteiger partial charge in [-0.25, -0.2) is 0 Å². The Kier molecular flexibility index (Phi) is 5.49. The number of fused-ring (bicyclic) bond motifs is 2. The second-order valence-electron chi connectivity index (χ2n) is 10.7. The predicted molar refractivity (Wildman–Crippen MR) is 117 cm³/mol. The van der Waals surface area contributed by atoms with Crippen molar-refractivity contribution in [2.75, 3.05) is 32.7 Å². The van der Waals surface area contributed by atoms with E-state index in [0.29, 0.717) is 11.8 Å². The van der Waals surface area contributed by atoms with E-state index in [1.165, 1.54) is 37.9 Å². The Morgan fingerprint density at radius 2 is 1.83 bits per heavy atom. The minimum atomic E-state index is 0.0619. The highest BCUT2D eigenvalue weighted by atomic mass is 16.6. The Morgan fingerprint density at radius 1 is 1.10 bits per heavy atom. The number of carbonyl (C=O) groups excluding carboxylic acids is 1. The molecular formula is C26H38N2O2+2. The van der Waals surface area contributed by atoms with Crippen molar-refractivity contribution in [3.63, 3.8) is 0 Å². The summed E-state index contributed by atoms with van der Waals surface area (Å²) in [5.41, 5.74) is 3.31. The summed E-state index contributed by atoms with van der Waals surface area (Å²) in [6.45, 7) is 11.6. The number of piperazine rings is 1. The number of allylic oxidation sites excluding steroid dienone is 1. The number of hydrogen-bond donors (Lipinski definition) is 2. The molecule has 2 N–H and O–H groups in total. The van der Waals surface area contributed by atoms with Crippen LogP contribution in [0, 0.1) is 23.2 Å². The van der Waals surface area contributed by atoms with Crippen LogP contribution in [0.2, 0.25) is 0 Å². The highest BCUT2D eigenvalue weighted by molar-refractivity contribution is 5.76. The topological polar surface area (TPSA) is 35.2 Å². The summed E-state index contributed by atoms with van der Waals surface area (Å²) < 4.78 is 5.97. The van der Waals surface area contributed by atoms with Crippen LogP contribution >= 0.6 is 0 Å². The third kappa shape index (κ3) is 3.85. The first-order valence-corrected chi connectivity index (χ1v) is 12.2. The highest BCUT2D eigenvalue weighted by Crippen LogP contribution is 2.53. The van der Waals surface area contributed by atoms with Crippen molar-refractivity contribution in [3.05, 3.63) is 47.5 Å². The summed E-state index contributed by atoms with van der Waals surface area (Å²) in [5, 5.41) is 0. The van der Waals surface area contributed by atoms with Crippen molar-refractivity contribution in [3.8, 4) is 0 Å². The summed E-state index contributed by atoms with van der Waals surface area (Å²) in [7, 11) is 0. The average Bonchev–Trinajstić information content (AvgIpc) is 3.02. The van der Waals surface area contributed by atoms with Gasteiger partial charge in [0, 0.05) is 11.5 Å². The van der Waals surface area contributed by atoms with Crippen molar-refractivity contribution in [1.29, 1.82) is 0 Å². The van der Waals surface area contributed by atoms with E-state index in [9.17, 15) is 4.79 Å². The Hall–Kier alpha value is -1.65. The number of carbonyl (C=O) groups is 1. The lowest BCUT2D eigenvalue weighted by Gasteiger charge is -2.46. The van der Waals surface area contributed by atoms with Crippen LogP contribution < -0.4 is 9.80 Å². The molecule has 0 unspecified atom stereocenters. The molecule has 0 spiro atoms. The zero-order valence-corrected chi connectivity index (χ0v) is 18.7. The fourth-order valence-electron chi connectivity index (χ4n) is 6.82. The second kappa shape index (κ2) is 8.12. The first kappa shape index (κ1) is 20.3. The van der Waals surface area contributed by atoms with Gasteiger partial charge in [0.25, 0.3) is 0 Å². The number of quaternary nitrogens is 2. The smallest absolute Gasteiger partial charge is 0.315 e. The number of benzene rings is 1. The molecule has 4 aliphatic rings. The summed E-state index contributed by atoms with van der Waals surface area (Å²) >= 11 is 0. The third-order valence-electron chi connectivity index (χ3n) is 8.55. The second-order valence-corrected chi connectivity index (χ2v) is 10.7. The molecule has 2 heterocycles. The molecule has 5 atom stereocenters. The normalized spacial score (nSPS) is 40.9. The van der Waals surface area contributed by atoms with Crippen LogP contribution in [-0.2, 0) is 16.1 Å². The van der Waals surface area contributed by atoms with E-state index < -0.39 is 0 Å². The maximum absolute atomic E-state index is 12.8. The van der Waals surface area contributed by atoms with Crippen LogP contribution in [-0.4, -0.2) is 44.8 Å². The number of nitrogens with one attached hydrogen (secondary N) is 2. The molecule has 1 saturated carbocycles. The van der Waals surface area contributed by atoms with E-state index in [0.717, 1.165) is 32.6 Å². The molecular weight excluding hydrogens is 372 g/mol. The number of rotatable bonds is 4. The molecule has 3 fully saturated rings. The van der Waals surface area contributed by atoms with E-state index in [-0.39, 0.29) is 23.4 Å². The van der Waals surface area contributed by atoms with Crippen molar-refractivity contribution < 1.29 is 19.3 Å². The molecule has 5 rings (SSSR count). The maximum atomic E-state index is 12.8. The molecule has 0 amide bonds. The Morgan fingerprint density at radius 3 is 2.60 bits per heavy atom. The van der Waals surface area contributed by atoms with Gasteiger partial charge in [0.15, 0.2) is 0 Å². The van der Waals surface area contributed by atoms with E-state index in [1.54, 1.807) is 15.4 Å². The van der Waals surface area contributed by atoms with Gasteiger partial charge in [-0.15, -0.1) is 0 Å². The summed E-state index contributed by atoms with van der Waals surface area (Å²) in [6, 6.07) is 10.8. The van der Waals surface area contributed by atoms with Crippen molar-refractivity contribution in [1.82, 2.24) is 0 Å². The molecule has 2 aliphatic carbocycles. The van der Waals surface area contributed by atoms with Gasteiger partial charge in [0.2, 0.25) is 0 Å². The lowest BCUT2D eigenvalue weighted by molar-refractivity contribution is -1.02. The number of hydrogen-bond acceptors (Lipinski definition) is 2. The SMILES string of the molecule is C[C@H]1CCC[C@]2(C)C[C@H]3OC(=O)[C@H](C[NH+]4CC[NH+](Cc5ccccc5)CC4)[C@H]3C=C12. The molecule has 1 aromatic carbocycles. The van der Waals surface area contributed by atoms with Crippen LogP contribution in [0.5, 0.6) is 0 Å². The van der Waals surface area contributed by atoms with Gasteiger partial charge in [-0.05, 0) is 30.6 Å². The maximum Gasteiger partial charge on any atom is 0.315 e. The van der Waals surface area contributed by atoms with Crippen LogP contribution in [0.25, 0.3) is 0 Å². The van der Waals surface area contributed by atoms with E-state index >= 15 is 0 Å². The predicted octanol–water partition coefficient (Wildman–Crippen LogP) is 1.28. The van der Waals surface area contributed by atoms with Gasteiger partial charge in [0.05, 0.1) is 6.54 Å². The minimum Gasteiger partial charge on any atom is -0.461 e. The molecule has 0 radical (unpaired) electrons. The first-order valence-electron chi connectivity index (χ1n) is 12.2. The molecule has 1 aromatic rings. The Balaban J connectivity index is 1.22. The molecule has 0 bridgehead atoms. The van der Waals surface area contributed by atoms with Crippen molar-refractivity contribution >= 4 is 5.97 Å². The molecule has 162 valence electrons. The Labute approximate surface area is 181 Å². The van der Waals surface area contributed by atoms with Gasteiger partial charge < -0.3 is 14.5 Å². The minimum absolute atomic E-state index is 0.0619. The molecule has 30 heavy (non-hydrogen) atoms. The van der Waals surface area contributed by atoms with E-state index in [2.05, 4.69) is 50.3 Å². The fourth-order valence-corrected chi connectivity index (χ4v) is 6.82. The van der Waals surface area contributed by atoms with Crippen molar-refractivity contribution in [2.24, 2.45) is 23.2 Å². The largest absolute Gasteiger partial charge is 0.461 e. The van der Waals surface area contributed by atoms with Gasteiger partial charge in [-0.1, -0.05) is 62.2 Å². The number of ether oxygens (including phenoxy) is 1. The monoisotopic (exact) mass is 410 g/mol.